The second kappa shape index (κ2) is 7.33. The number of hydrogen-bond donors (Lipinski definition) is 0. The van der Waals surface area contributed by atoms with E-state index in [4.69, 9.17) is 9.26 Å². The molecule has 0 aliphatic carbocycles. The maximum absolute atomic E-state index is 13.1. The van der Waals surface area contributed by atoms with Crippen molar-refractivity contribution in [3.63, 3.8) is 0 Å². The van der Waals surface area contributed by atoms with Gasteiger partial charge in [0.25, 0.3) is 0 Å². The molecule has 0 N–H and O–H groups in total. The molecule has 3 aromatic rings. The first-order chi connectivity index (χ1) is 12.2. The van der Waals surface area contributed by atoms with E-state index in [1.807, 2.05) is 11.4 Å². The Labute approximate surface area is 156 Å². The van der Waals surface area contributed by atoms with Crippen LogP contribution < -0.4 is 0 Å². The molecule has 0 spiro atoms. The van der Waals surface area contributed by atoms with Crippen LogP contribution in [0.1, 0.15) is 17.6 Å². The van der Waals surface area contributed by atoms with Crippen molar-refractivity contribution in [1.82, 2.24) is 15.0 Å². The highest BCUT2D eigenvalue weighted by Gasteiger charge is 2.24. The number of aromatic nitrogens is 2. The molecule has 1 unspecified atom stereocenters. The van der Waals surface area contributed by atoms with E-state index in [9.17, 15) is 4.39 Å². The molecule has 5 nitrogen and oxygen atoms in total. The quantitative estimate of drug-likeness (QED) is 0.626. The molecule has 2 aromatic heterocycles. The molecule has 0 bridgehead atoms. The first-order valence-corrected chi connectivity index (χ1v) is 9.51. The molecule has 1 saturated heterocycles. The highest BCUT2D eigenvalue weighted by atomic mass is 79.9. The Hall–Kier alpha value is -1.61. The first-order valence-electron chi connectivity index (χ1n) is 7.84. The molecule has 1 aliphatic heterocycles. The lowest BCUT2D eigenvalue weighted by molar-refractivity contribution is -0.0356. The van der Waals surface area contributed by atoms with Crippen molar-refractivity contribution < 1.29 is 13.7 Å². The summed E-state index contributed by atoms with van der Waals surface area (Å²) in [5, 5.41) is 6.04. The second-order valence-corrected chi connectivity index (χ2v) is 7.61. The zero-order valence-electron chi connectivity index (χ0n) is 13.2. The van der Waals surface area contributed by atoms with Gasteiger partial charge in [-0.3, -0.25) is 4.90 Å². The van der Waals surface area contributed by atoms with Gasteiger partial charge in [-0.25, -0.2) is 4.39 Å². The van der Waals surface area contributed by atoms with Crippen LogP contribution in [-0.4, -0.2) is 34.7 Å². The van der Waals surface area contributed by atoms with E-state index < -0.39 is 0 Å². The van der Waals surface area contributed by atoms with E-state index >= 15 is 0 Å². The highest BCUT2D eigenvalue weighted by molar-refractivity contribution is 9.10. The summed E-state index contributed by atoms with van der Waals surface area (Å²) in [7, 11) is 0. The second-order valence-electron chi connectivity index (χ2n) is 5.79. The number of ether oxygens (including phenoxy) is 1. The standard InChI is InChI=1S/C17H15BrFN3O2S/c18-12-7-15(25-10-12)17-20-16(24-21-17)9-22-5-6-23-14(8-22)11-1-3-13(19)4-2-11/h1-4,7,10,14H,5-6,8-9H2. The average molecular weight is 424 g/mol. The van der Waals surface area contributed by atoms with Crippen molar-refractivity contribution in [3.05, 3.63) is 57.5 Å². The third-order valence-corrected chi connectivity index (χ3v) is 5.69. The number of thiophene rings is 1. The van der Waals surface area contributed by atoms with Gasteiger partial charge in [-0.05, 0) is 39.7 Å². The van der Waals surface area contributed by atoms with Crippen molar-refractivity contribution in [3.8, 4) is 10.7 Å². The zero-order valence-corrected chi connectivity index (χ0v) is 15.6. The largest absolute Gasteiger partial charge is 0.371 e. The van der Waals surface area contributed by atoms with Gasteiger partial charge in [0.2, 0.25) is 11.7 Å². The molecule has 1 atom stereocenters. The third kappa shape index (κ3) is 3.98. The number of hydrogen-bond acceptors (Lipinski definition) is 6. The number of halogens is 2. The van der Waals surface area contributed by atoms with Crippen molar-refractivity contribution in [2.24, 2.45) is 0 Å². The Morgan fingerprint density at radius 3 is 2.92 bits per heavy atom. The van der Waals surface area contributed by atoms with Gasteiger partial charge in [0.1, 0.15) is 5.82 Å². The summed E-state index contributed by atoms with van der Waals surface area (Å²) < 4.78 is 25.3. The fraction of sp³-hybridized carbons (Fsp3) is 0.294. The van der Waals surface area contributed by atoms with Gasteiger partial charge in [-0.15, -0.1) is 11.3 Å². The maximum Gasteiger partial charge on any atom is 0.241 e. The molecule has 0 amide bonds. The van der Waals surface area contributed by atoms with Gasteiger partial charge in [-0.1, -0.05) is 17.3 Å². The highest BCUT2D eigenvalue weighted by Crippen LogP contribution is 2.28. The van der Waals surface area contributed by atoms with Crippen LogP contribution in [0.4, 0.5) is 4.39 Å². The summed E-state index contributed by atoms with van der Waals surface area (Å²) in [6, 6.07) is 8.42. The van der Waals surface area contributed by atoms with Gasteiger partial charge >= 0.3 is 0 Å². The predicted octanol–water partition coefficient (Wildman–Crippen LogP) is 4.27. The molecule has 0 radical (unpaired) electrons. The SMILES string of the molecule is Fc1ccc(C2CN(Cc3nc(-c4cc(Br)cs4)no3)CCO2)cc1. The lowest BCUT2D eigenvalue weighted by Gasteiger charge is -2.32. The van der Waals surface area contributed by atoms with Crippen LogP contribution in [0.5, 0.6) is 0 Å². The Morgan fingerprint density at radius 1 is 1.32 bits per heavy atom. The van der Waals surface area contributed by atoms with Crippen LogP contribution in [0.2, 0.25) is 0 Å². The molecule has 25 heavy (non-hydrogen) atoms. The molecule has 1 fully saturated rings. The number of morpholine rings is 1. The fourth-order valence-corrected chi connectivity index (χ4v) is 4.12. The maximum atomic E-state index is 13.1. The molecule has 0 saturated carbocycles. The molecule has 4 rings (SSSR count). The van der Waals surface area contributed by atoms with Crippen LogP contribution in [0.15, 0.2) is 44.7 Å². The van der Waals surface area contributed by atoms with Crippen LogP contribution in [0, 0.1) is 5.82 Å². The van der Waals surface area contributed by atoms with Crippen molar-refractivity contribution in [1.29, 1.82) is 0 Å². The van der Waals surface area contributed by atoms with Crippen LogP contribution in [0.3, 0.4) is 0 Å². The summed E-state index contributed by atoms with van der Waals surface area (Å²) in [5.74, 6) is 0.948. The van der Waals surface area contributed by atoms with E-state index in [1.165, 1.54) is 12.1 Å². The van der Waals surface area contributed by atoms with Crippen molar-refractivity contribution in [2.45, 2.75) is 12.6 Å². The summed E-state index contributed by atoms with van der Waals surface area (Å²) in [6.07, 6.45) is -0.0787. The molecule has 3 heterocycles. The van der Waals surface area contributed by atoms with E-state index in [-0.39, 0.29) is 11.9 Å². The molecular formula is C17H15BrFN3O2S. The van der Waals surface area contributed by atoms with E-state index in [2.05, 4.69) is 31.0 Å². The first kappa shape index (κ1) is 16.8. The number of rotatable bonds is 4. The van der Waals surface area contributed by atoms with Gasteiger partial charge in [-0.2, -0.15) is 4.98 Å². The van der Waals surface area contributed by atoms with Gasteiger partial charge in [0.15, 0.2) is 0 Å². The summed E-state index contributed by atoms with van der Waals surface area (Å²) >= 11 is 4.99. The Morgan fingerprint density at radius 2 is 2.16 bits per heavy atom. The topological polar surface area (TPSA) is 51.4 Å². The number of benzene rings is 1. The van der Waals surface area contributed by atoms with Crippen LogP contribution in [-0.2, 0) is 11.3 Å². The van der Waals surface area contributed by atoms with E-state index in [1.54, 1.807) is 23.5 Å². The van der Waals surface area contributed by atoms with Crippen molar-refractivity contribution in [2.75, 3.05) is 19.7 Å². The lowest BCUT2D eigenvalue weighted by atomic mass is 10.1. The summed E-state index contributed by atoms with van der Waals surface area (Å²) in [5.41, 5.74) is 0.973. The van der Waals surface area contributed by atoms with E-state index in [0.717, 1.165) is 21.5 Å². The zero-order chi connectivity index (χ0) is 17.2. The lowest BCUT2D eigenvalue weighted by Crippen LogP contribution is -2.37. The third-order valence-electron chi connectivity index (χ3n) is 4.01. The fourth-order valence-electron chi connectivity index (χ4n) is 2.77. The Balaban J connectivity index is 1.42. The molecule has 1 aliphatic rings. The minimum Gasteiger partial charge on any atom is -0.371 e. The monoisotopic (exact) mass is 423 g/mol. The summed E-state index contributed by atoms with van der Waals surface area (Å²) in [6.45, 7) is 2.68. The molecule has 130 valence electrons. The van der Waals surface area contributed by atoms with E-state index in [0.29, 0.717) is 31.4 Å². The molecule has 1 aromatic carbocycles. The predicted molar refractivity (Wildman–Crippen MR) is 95.7 cm³/mol. The molecule has 8 heteroatoms. The van der Waals surface area contributed by atoms with Gasteiger partial charge in [0.05, 0.1) is 24.1 Å². The minimum atomic E-state index is -0.241. The van der Waals surface area contributed by atoms with Crippen LogP contribution >= 0.6 is 27.3 Å². The Bertz CT molecular complexity index is 852. The van der Waals surface area contributed by atoms with Gasteiger partial charge < -0.3 is 9.26 Å². The smallest absolute Gasteiger partial charge is 0.241 e. The minimum absolute atomic E-state index is 0.0787. The van der Waals surface area contributed by atoms with Gasteiger partial charge in [0, 0.05) is 22.9 Å². The number of nitrogens with zero attached hydrogens (tertiary/aromatic N) is 3. The summed E-state index contributed by atoms with van der Waals surface area (Å²) in [4.78, 5) is 7.65. The average Bonchev–Trinajstić information content (AvgIpc) is 3.25. The van der Waals surface area contributed by atoms with Crippen molar-refractivity contribution >= 4 is 27.3 Å². The Kier molecular flexibility index (Phi) is 4.93. The normalized spacial score (nSPS) is 18.6. The van der Waals surface area contributed by atoms with Crippen LogP contribution in [0.25, 0.3) is 10.7 Å². The molecular weight excluding hydrogens is 409 g/mol.